The fourth-order valence-electron chi connectivity index (χ4n) is 8.11. The minimum atomic E-state index is 0.177. The highest BCUT2D eigenvalue weighted by Gasteiger charge is 2.34. The Kier molecular flexibility index (Phi) is 8.64. The summed E-state index contributed by atoms with van der Waals surface area (Å²) in [5, 5.41) is 10.4. The maximum absolute atomic E-state index is 13.4. The van der Waals surface area contributed by atoms with E-state index in [2.05, 4.69) is 75.6 Å². The third-order valence-electron chi connectivity index (χ3n) is 10.7. The van der Waals surface area contributed by atoms with Gasteiger partial charge in [-0.15, -0.1) is 0 Å². The number of Topliss-reactive ketones (excluding diaryl/α,β-unsaturated/α-hetero) is 1. The molecule has 2 aliphatic heterocycles. The van der Waals surface area contributed by atoms with E-state index in [4.69, 9.17) is 0 Å². The van der Waals surface area contributed by atoms with Gasteiger partial charge in [-0.25, -0.2) is 0 Å². The number of piperidine rings is 2. The average Bonchev–Trinajstić information content (AvgIpc) is 3.61. The zero-order valence-electron chi connectivity index (χ0n) is 25.8. The van der Waals surface area contributed by atoms with Crippen molar-refractivity contribution in [3.05, 3.63) is 106 Å². The second-order valence-electron chi connectivity index (χ2n) is 13.5. The number of aromatic amines is 1. The van der Waals surface area contributed by atoms with Gasteiger partial charge in [-0.3, -0.25) is 9.69 Å². The van der Waals surface area contributed by atoms with Crippen LogP contribution in [0, 0.1) is 23.2 Å². The molecule has 5 heteroatoms. The Morgan fingerprint density at radius 1 is 0.886 bits per heavy atom. The maximum atomic E-state index is 13.4. The van der Waals surface area contributed by atoms with Crippen molar-refractivity contribution in [3.8, 4) is 6.07 Å². The van der Waals surface area contributed by atoms with E-state index in [9.17, 15) is 10.1 Å². The Balaban J connectivity index is 0.868. The number of ketones is 1. The lowest BCUT2D eigenvalue weighted by Gasteiger charge is -2.33. The number of aromatic nitrogens is 1. The van der Waals surface area contributed by atoms with Crippen molar-refractivity contribution in [3.63, 3.8) is 0 Å². The molecule has 0 spiro atoms. The summed E-state index contributed by atoms with van der Waals surface area (Å²) >= 11 is 0. The molecule has 44 heavy (non-hydrogen) atoms. The van der Waals surface area contributed by atoms with Crippen LogP contribution in [0.25, 0.3) is 10.9 Å². The molecule has 1 aromatic heterocycles. The zero-order valence-corrected chi connectivity index (χ0v) is 25.8. The van der Waals surface area contributed by atoms with Crippen LogP contribution in [0.15, 0.2) is 72.9 Å². The number of nitriles is 1. The van der Waals surface area contributed by atoms with Gasteiger partial charge < -0.3 is 9.88 Å². The number of carbonyl (C=O) groups is 1. The number of hydrogen-bond acceptors (Lipinski definition) is 4. The van der Waals surface area contributed by atoms with Gasteiger partial charge >= 0.3 is 0 Å². The van der Waals surface area contributed by atoms with Crippen molar-refractivity contribution < 1.29 is 4.79 Å². The third kappa shape index (κ3) is 6.39. The van der Waals surface area contributed by atoms with Crippen LogP contribution in [-0.4, -0.2) is 53.3 Å². The fraction of sp³-hybridized carbons (Fsp3) is 0.436. The van der Waals surface area contributed by atoms with Crippen LogP contribution < -0.4 is 0 Å². The number of hydrogen-bond donors (Lipinski definition) is 1. The molecule has 0 bridgehead atoms. The lowest BCUT2D eigenvalue weighted by molar-refractivity contribution is 0.0895. The van der Waals surface area contributed by atoms with E-state index < -0.39 is 0 Å². The summed E-state index contributed by atoms with van der Waals surface area (Å²) in [4.78, 5) is 21.9. The number of rotatable bonds is 9. The highest BCUT2D eigenvalue weighted by atomic mass is 16.1. The number of fused-ring (bicyclic) bond motifs is 2. The summed E-state index contributed by atoms with van der Waals surface area (Å²) in [5.41, 5.74) is 8.29. The normalized spacial score (nSPS) is 20.2. The number of H-pyrrole nitrogens is 1. The molecule has 1 unspecified atom stereocenters. The van der Waals surface area contributed by atoms with Crippen molar-refractivity contribution in [1.29, 1.82) is 5.26 Å². The molecule has 1 aliphatic carbocycles. The first kappa shape index (κ1) is 29.0. The quantitative estimate of drug-likeness (QED) is 0.221. The number of benzene rings is 3. The van der Waals surface area contributed by atoms with Gasteiger partial charge in [0.2, 0.25) is 0 Å². The largest absolute Gasteiger partial charge is 0.361 e. The number of nitrogens with zero attached hydrogens (tertiary/aromatic N) is 3. The number of likely N-dealkylation sites (tertiary alicyclic amines) is 2. The van der Waals surface area contributed by atoms with Crippen LogP contribution in [0.5, 0.6) is 0 Å². The standard InChI is InChI=1S/C39H44N4O/c40-25-30-8-11-38-37(22-30)33(26-41-38)7-4-16-42-19-14-31(15-20-42)32-9-10-36-34(23-32)24-35(39(36)44)21-28-12-17-43(18-13-28)27-29-5-2-1-3-6-29/h1-3,5-6,8-11,22-23,26,28,31,35,41H,4,7,12-21,24,27H2. The van der Waals surface area contributed by atoms with Gasteiger partial charge in [0, 0.05) is 35.1 Å². The molecular formula is C39H44N4O. The number of aryl methyl sites for hydroxylation is 1. The van der Waals surface area contributed by atoms with Gasteiger partial charge in [0.25, 0.3) is 0 Å². The molecule has 3 aromatic carbocycles. The first-order valence-corrected chi connectivity index (χ1v) is 16.8. The van der Waals surface area contributed by atoms with Crippen LogP contribution in [0.4, 0.5) is 0 Å². The van der Waals surface area contributed by atoms with Crippen LogP contribution >= 0.6 is 0 Å². The van der Waals surface area contributed by atoms with E-state index in [-0.39, 0.29) is 5.92 Å². The Hall–Kier alpha value is -3.72. The molecule has 4 aromatic rings. The van der Waals surface area contributed by atoms with E-state index in [1.807, 2.05) is 18.2 Å². The highest BCUT2D eigenvalue weighted by Crippen LogP contribution is 2.37. The van der Waals surface area contributed by atoms with Crippen molar-refractivity contribution in [2.45, 2.75) is 63.8 Å². The summed E-state index contributed by atoms with van der Waals surface area (Å²) in [5.74, 6) is 1.83. The SMILES string of the molecule is N#Cc1ccc2[nH]cc(CCCN3CCC(c4ccc5c(c4)CC(CC4CCN(Cc6ccccc6)CC4)C5=O)CC3)c2c1. The molecule has 5 nitrogen and oxygen atoms in total. The summed E-state index contributed by atoms with van der Waals surface area (Å²) in [6.07, 6.45) is 11.1. The van der Waals surface area contributed by atoms with E-state index >= 15 is 0 Å². The van der Waals surface area contributed by atoms with Gasteiger partial charge in [0.05, 0.1) is 11.6 Å². The molecule has 226 valence electrons. The average molecular weight is 585 g/mol. The molecule has 1 N–H and O–H groups in total. The molecule has 3 heterocycles. The molecule has 1 atom stereocenters. The zero-order chi connectivity index (χ0) is 29.9. The number of nitrogens with one attached hydrogen (secondary N) is 1. The molecule has 3 aliphatic rings. The fourth-order valence-corrected chi connectivity index (χ4v) is 8.11. The van der Waals surface area contributed by atoms with E-state index in [1.54, 1.807) is 0 Å². The van der Waals surface area contributed by atoms with E-state index in [0.717, 1.165) is 81.6 Å². The summed E-state index contributed by atoms with van der Waals surface area (Å²) < 4.78 is 0. The Bertz CT molecular complexity index is 1630. The Morgan fingerprint density at radius 3 is 2.48 bits per heavy atom. The molecule has 7 rings (SSSR count). The minimum absolute atomic E-state index is 0.177. The lowest BCUT2D eigenvalue weighted by Crippen LogP contribution is -2.34. The van der Waals surface area contributed by atoms with Gasteiger partial charge in [0.1, 0.15) is 0 Å². The highest BCUT2D eigenvalue weighted by molar-refractivity contribution is 6.02. The molecular weight excluding hydrogens is 540 g/mol. The third-order valence-corrected chi connectivity index (χ3v) is 10.7. The minimum Gasteiger partial charge on any atom is -0.361 e. The van der Waals surface area contributed by atoms with Crippen molar-refractivity contribution >= 4 is 16.7 Å². The Labute approximate surface area is 261 Å². The first-order valence-electron chi connectivity index (χ1n) is 16.8. The molecule has 0 amide bonds. The van der Waals surface area contributed by atoms with Gasteiger partial charge in [-0.05, 0) is 136 Å². The molecule has 2 saturated heterocycles. The second kappa shape index (κ2) is 13.1. The molecule has 0 radical (unpaired) electrons. The predicted octanol–water partition coefficient (Wildman–Crippen LogP) is 7.51. The van der Waals surface area contributed by atoms with Crippen LogP contribution in [-0.2, 0) is 19.4 Å². The summed E-state index contributed by atoms with van der Waals surface area (Å²) in [7, 11) is 0. The van der Waals surface area contributed by atoms with Crippen LogP contribution in [0.2, 0.25) is 0 Å². The van der Waals surface area contributed by atoms with Crippen molar-refractivity contribution in [2.24, 2.45) is 11.8 Å². The van der Waals surface area contributed by atoms with E-state index in [1.165, 1.54) is 53.3 Å². The first-order chi connectivity index (χ1) is 21.6. The van der Waals surface area contributed by atoms with Crippen LogP contribution in [0.3, 0.4) is 0 Å². The smallest absolute Gasteiger partial charge is 0.166 e. The molecule has 0 saturated carbocycles. The van der Waals surface area contributed by atoms with E-state index in [0.29, 0.717) is 17.6 Å². The lowest BCUT2D eigenvalue weighted by atomic mass is 9.85. The van der Waals surface area contributed by atoms with Gasteiger partial charge in [0.15, 0.2) is 5.78 Å². The Morgan fingerprint density at radius 2 is 1.68 bits per heavy atom. The maximum Gasteiger partial charge on any atom is 0.166 e. The monoisotopic (exact) mass is 584 g/mol. The second-order valence-corrected chi connectivity index (χ2v) is 13.5. The topological polar surface area (TPSA) is 63.1 Å². The predicted molar refractivity (Wildman–Crippen MR) is 177 cm³/mol. The summed E-state index contributed by atoms with van der Waals surface area (Å²) in [6.45, 7) is 6.71. The molecule has 2 fully saturated rings. The van der Waals surface area contributed by atoms with Crippen molar-refractivity contribution in [2.75, 3.05) is 32.7 Å². The number of carbonyl (C=O) groups excluding carboxylic acids is 1. The summed E-state index contributed by atoms with van der Waals surface area (Å²) in [6, 6.07) is 25.7. The van der Waals surface area contributed by atoms with Gasteiger partial charge in [-0.1, -0.05) is 48.5 Å². The van der Waals surface area contributed by atoms with Gasteiger partial charge in [-0.2, -0.15) is 5.26 Å². The van der Waals surface area contributed by atoms with Crippen LogP contribution in [0.1, 0.15) is 82.6 Å². The van der Waals surface area contributed by atoms with Crippen molar-refractivity contribution in [1.82, 2.24) is 14.8 Å².